The van der Waals surface area contributed by atoms with Gasteiger partial charge in [-0.3, -0.25) is 4.79 Å². The molecule has 3 nitrogen and oxygen atoms in total. The lowest BCUT2D eigenvalue weighted by atomic mass is 10.1. The highest BCUT2D eigenvalue weighted by molar-refractivity contribution is 5.71. The first-order valence-electron chi connectivity index (χ1n) is 4.41. The number of esters is 1. The van der Waals surface area contributed by atoms with Crippen LogP contribution in [-0.4, -0.2) is 11.1 Å². The summed E-state index contributed by atoms with van der Waals surface area (Å²) >= 11 is 0. The van der Waals surface area contributed by atoms with Crippen molar-refractivity contribution in [3.8, 4) is 11.5 Å². The predicted octanol–water partition coefficient (Wildman–Crippen LogP) is 2.24. The average Bonchev–Trinajstić information content (AvgIpc) is 2.09. The van der Waals surface area contributed by atoms with E-state index >= 15 is 0 Å². The molecule has 0 heterocycles. The number of aromatic hydroxyl groups is 1. The molecule has 3 heteroatoms. The van der Waals surface area contributed by atoms with Gasteiger partial charge >= 0.3 is 5.97 Å². The van der Waals surface area contributed by atoms with Gasteiger partial charge in [0.25, 0.3) is 0 Å². The second kappa shape index (κ2) is 3.70. The first kappa shape index (κ1) is 10.6. The molecule has 1 aromatic rings. The van der Waals surface area contributed by atoms with Gasteiger partial charge in [0.15, 0.2) is 0 Å². The summed E-state index contributed by atoms with van der Waals surface area (Å²) in [4.78, 5) is 10.8. The summed E-state index contributed by atoms with van der Waals surface area (Å²) in [6.45, 7) is 6.73. The number of carbonyl (C=O) groups excluding carboxylic acids is 1. The monoisotopic (exact) mass is 194 g/mol. The number of ether oxygens (including phenoxy) is 1. The van der Waals surface area contributed by atoms with E-state index in [1.807, 2.05) is 13.8 Å². The Balaban J connectivity index is 3.29. The lowest BCUT2D eigenvalue weighted by Crippen LogP contribution is -2.04. The van der Waals surface area contributed by atoms with Gasteiger partial charge in [-0.15, -0.1) is 0 Å². The Bertz CT molecular complexity index is 381. The lowest BCUT2D eigenvalue weighted by molar-refractivity contribution is -0.131. The molecule has 0 aliphatic rings. The van der Waals surface area contributed by atoms with Crippen molar-refractivity contribution in [2.75, 3.05) is 0 Å². The Morgan fingerprint density at radius 2 is 1.86 bits per heavy atom. The fourth-order valence-corrected chi connectivity index (χ4v) is 1.46. The van der Waals surface area contributed by atoms with E-state index in [-0.39, 0.29) is 11.7 Å². The maximum Gasteiger partial charge on any atom is 0.308 e. The molecule has 0 bridgehead atoms. The highest BCUT2D eigenvalue weighted by Crippen LogP contribution is 2.33. The summed E-state index contributed by atoms with van der Waals surface area (Å²) in [5, 5.41) is 9.63. The fourth-order valence-electron chi connectivity index (χ4n) is 1.46. The third-order valence-corrected chi connectivity index (χ3v) is 2.11. The normalized spacial score (nSPS) is 10.0. The van der Waals surface area contributed by atoms with Gasteiger partial charge in [0.05, 0.1) is 0 Å². The van der Waals surface area contributed by atoms with E-state index in [0.29, 0.717) is 11.3 Å². The second-order valence-corrected chi connectivity index (χ2v) is 3.41. The zero-order valence-corrected chi connectivity index (χ0v) is 8.84. The molecular weight excluding hydrogens is 180 g/mol. The number of aryl methyl sites for hydroxylation is 2. The number of hydrogen-bond donors (Lipinski definition) is 1. The molecule has 0 aromatic heterocycles. The van der Waals surface area contributed by atoms with Crippen LogP contribution >= 0.6 is 0 Å². The van der Waals surface area contributed by atoms with E-state index in [4.69, 9.17) is 4.74 Å². The summed E-state index contributed by atoms with van der Waals surface area (Å²) in [5.41, 5.74) is 2.25. The van der Waals surface area contributed by atoms with Gasteiger partial charge in [-0.25, -0.2) is 0 Å². The van der Waals surface area contributed by atoms with Gasteiger partial charge in [0, 0.05) is 12.5 Å². The first-order chi connectivity index (χ1) is 6.43. The molecule has 0 saturated carbocycles. The van der Waals surface area contributed by atoms with Crippen molar-refractivity contribution in [2.45, 2.75) is 27.7 Å². The van der Waals surface area contributed by atoms with Crippen LogP contribution in [0.5, 0.6) is 11.5 Å². The zero-order valence-electron chi connectivity index (χ0n) is 8.84. The topological polar surface area (TPSA) is 46.5 Å². The van der Waals surface area contributed by atoms with Crippen molar-refractivity contribution >= 4 is 5.97 Å². The van der Waals surface area contributed by atoms with Crippen molar-refractivity contribution < 1.29 is 14.6 Å². The molecular formula is C11H14O3. The van der Waals surface area contributed by atoms with Crippen molar-refractivity contribution in [3.63, 3.8) is 0 Å². The molecule has 76 valence electrons. The highest BCUT2D eigenvalue weighted by Gasteiger charge is 2.12. The van der Waals surface area contributed by atoms with Crippen molar-refractivity contribution in [3.05, 3.63) is 22.8 Å². The Morgan fingerprint density at radius 3 is 2.36 bits per heavy atom. The van der Waals surface area contributed by atoms with E-state index in [9.17, 15) is 9.90 Å². The van der Waals surface area contributed by atoms with E-state index in [1.165, 1.54) is 6.92 Å². The van der Waals surface area contributed by atoms with Gasteiger partial charge in [0.1, 0.15) is 11.5 Å². The molecule has 0 aliphatic carbocycles. The molecule has 0 unspecified atom stereocenters. The largest absolute Gasteiger partial charge is 0.507 e. The van der Waals surface area contributed by atoms with Crippen molar-refractivity contribution in [2.24, 2.45) is 0 Å². The molecule has 0 radical (unpaired) electrons. The van der Waals surface area contributed by atoms with Gasteiger partial charge in [-0.05, 0) is 38.0 Å². The van der Waals surface area contributed by atoms with Crippen LogP contribution in [0.3, 0.4) is 0 Å². The Morgan fingerprint density at radius 1 is 1.29 bits per heavy atom. The molecule has 1 N–H and O–H groups in total. The summed E-state index contributed by atoms with van der Waals surface area (Å²) in [7, 11) is 0. The van der Waals surface area contributed by atoms with Crippen LogP contribution in [0.25, 0.3) is 0 Å². The number of phenolic OH excluding ortho intramolecular Hbond substituents is 1. The number of benzene rings is 1. The average molecular weight is 194 g/mol. The van der Waals surface area contributed by atoms with Crippen LogP contribution in [0.4, 0.5) is 0 Å². The summed E-state index contributed by atoms with van der Waals surface area (Å²) in [6.07, 6.45) is 0. The van der Waals surface area contributed by atoms with Gasteiger partial charge < -0.3 is 9.84 Å². The van der Waals surface area contributed by atoms with E-state index in [0.717, 1.165) is 11.1 Å². The molecule has 0 fully saturated rings. The smallest absolute Gasteiger partial charge is 0.308 e. The van der Waals surface area contributed by atoms with Crippen LogP contribution in [0.15, 0.2) is 6.07 Å². The molecule has 0 aliphatic heterocycles. The third kappa shape index (κ3) is 1.87. The lowest BCUT2D eigenvalue weighted by Gasteiger charge is -2.12. The van der Waals surface area contributed by atoms with E-state index < -0.39 is 0 Å². The van der Waals surface area contributed by atoms with E-state index in [2.05, 4.69) is 0 Å². The van der Waals surface area contributed by atoms with Crippen LogP contribution < -0.4 is 4.74 Å². The Kier molecular flexibility index (Phi) is 2.79. The fraction of sp³-hybridized carbons (Fsp3) is 0.364. The number of hydrogen-bond acceptors (Lipinski definition) is 3. The zero-order chi connectivity index (χ0) is 10.9. The Labute approximate surface area is 83.3 Å². The van der Waals surface area contributed by atoms with Crippen molar-refractivity contribution in [1.82, 2.24) is 0 Å². The number of rotatable bonds is 1. The SMILES string of the molecule is CC(=O)Oc1c(C)cc(C)c(O)c1C. The first-order valence-corrected chi connectivity index (χ1v) is 4.41. The molecule has 1 aromatic carbocycles. The van der Waals surface area contributed by atoms with Crippen LogP contribution in [0.2, 0.25) is 0 Å². The minimum Gasteiger partial charge on any atom is -0.507 e. The maximum atomic E-state index is 10.8. The van der Waals surface area contributed by atoms with Crippen LogP contribution in [0.1, 0.15) is 23.6 Å². The minimum absolute atomic E-state index is 0.187. The Hall–Kier alpha value is -1.51. The van der Waals surface area contributed by atoms with Crippen LogP contribution in [-0.2, 0) is 4.79 Å². The molecule has 0 amide bonds. The summed E-state index contributed by atoms with van der Waals surface area (Å²) < 4.78 is 5.01. The summed E-state index contributed by atoms with van der Waals surface area (Å²) in [5.74, 6) is 0.270. The molecule has 0 spiro atoms. The van der Waals surface area contributed by atoms with Gasteiger partial charge in [-0.2, -0.15) is 0 Å². The molecule has 14 heavy (non-hydrogen) atoms. The van der Waals surface area contributed by atoms with Crippen molar-refractivity contribution in [1.29, 1.82) is 0 Å². The quantitative estimate of drug-likeness (QED) is 0.551. The number of phenols is 1. The predicted molar refractivity (Wildman–Crippen MR) is 53.6 cm³/mol. The third-order valence-electron chi connectivity index (χ3n) is 2.11. The molecule has 0 atom stereocenters. The molecule has 1 rings (SSSR count). The van der Waals surface area contributed by atoms with Gasteiger partial charge in [0.2, 0.25) is 0 Å². The highest BCUT2D eigenvalue weighted by atomic mass is 16.5. The maximum absolute atomic E-state index is 10.8. The van der Waals surface area contributed by atoms with Crippen LogP contribution in [0, 0.1) is 20.8 Å². The van der Waals surface area contributed by atoms with E-state index in [1.54, 1.807) is 13.0 Å². The van der Waals surface area contributed by atoms with Gasteiger partial charge in [-0.1, -0.05) is 0 Å². The minimum atomic E-state index is -0.376. The summed E-state index contributed by atoms with van der Waals surface area (Å²) in [6, 6.07) is 1.79. The molecule has 0 saturated heterocycles. The number of carbonyl (C=O) groups is 1. The standard InChI is InChI=1S/C11H14O3/c1-6-5-7(2)11(14-9(4)12)8(3)10(6)13/h5,13H,1-4H3. The second-order valence-electron chi connectivity index (χ2n) is 3.41.